The van der Waals surface area contributed by atoms with Crippen LogP contribution in [0.25, 0.3) is 0 Å². The highest BCUT2D eigenvalue weighted by molar-refractivity contribution is 9.10. The van der Waals surface area contributed by atoms with E-state index in [4.69, 9.17) is 0 Å². The first-order chi connectivity index (χ1) is 9.81. The molecular weight excluding hydrogens is 360 g/mol. The molecule has 0 amide bonds. The van der Waals surface area contributed by atoms with Crippen LogP contribution in [0.3, 0.4) is 0 Å². The lowest BCUT2D eigenvalue weighted by atomic mass is 10.2. The van der Waals surface area contributed by atoms with Gasteiger partial charge in [0.1, 0.15) is 0 Å². The Kier molecular flexibility index (Phi) is 4.29. The third-order valence-electron chi connectivity index (χ3n) is 2.78. The molecule has 0 atom stereocenters. The first-order valence-electron chi connectivity index (χ1n) is 5.83. The number of benzene rings is 2. The summed E-state index contributed by atoms with van der Waals surface area (Å²) in [5.41, 5.74) is 0.811. The first kappa shape index (κ1) is 15.5. The van der Waals surface area contributed by atoms with E-state index in [1.165, 1.54) is 18.2 Å². The van der Waals surface area contributed by atoms with Gasteiger partial charge in [-0.05, 0) is 30.7 Å². The Hall–Kier alpha value is -1.93. The Morgan fingerprint density at radius 1 is 1.19 bits per heavy atom. The van der Waals surface area contributed by atoms with E-state index in [-0.39, 0.29) is 4.90 Å². The van der Waals surface area contributed by atoms with Crippen molar-refractivity contribution in [3.63, 3.8) is 0 Å². The fourth-order valence-electron chi connectivity index (χ4n) is 1.70. The lowest BCUT2D eigenvalue weighted by Crippen LogP contribution is -2.14. The van der Waals surface area contributed by atoms with Gasteiger partial charge in [0.05, 0.1) is 4.92 Å². The normalized spacial score (nSPS) is 11.1. The van der Waals surface area contributed by atoms with Gasteiger partial charge in [0.25, 0.3) is 15.7 Å². The van der Waals surface area contributed by atoms with Gasteiger partial charge in [-0.25, -0.2) is 8.42 Å². The number of rotatable bonds is 4. The number of nitro benzene ring substituents is 1. The molecule has 2 rings (SSSR count). The molecule has 0 spiro atoms. The molecule has 0 saturated carbocycles. The van der Waals surface area contributed by atoms with Crippen molar-refractivity contribution < 1.29 is 13.3 Å². The summed E-state index contributed by atoms with van der Waals surface area (Å²) in [5.74, 6) is 0. The Balaban J connectivity index is 2.43. The Morgan fingerprint density at radius 3 is 2.48 bits per heavy atom. The number of nitro groups is 1. The monoisotopic (exact) mass is 370 g/mol. The maximum absolute atomic E-state index is 12.3. The van der Waals surface area contributed by atoms with Crippen molar-refractivity contribution in [2.24, 2.45) is 0 Å². The van der Waals surface area contributed by atoms with Crippen molar-refractivity contribution >= 4 is 37.3 Å². The van der Waals surface area contributed by atoms with Gasteiger partial charge in [-0.3, -0.25) is 14.8 Å². The van der Waals surface area contributed by atoms with E-state index in [1.807, 2.05) is 6.92 Å². The van der Waals surface area contributed by atoms with E-state index in [9.17, 15) is 18.5 Å². The van der Waals surface area contributed by atoms with Crippen molar-refractivity contribution in [3.05, 3.63) is 62.6 Å². The van der Waals surface area contributed by atoms with Crippen LogP contribution >= 0.6 is 15.9 Å². The van der Waals surface area contributed by atoms with Crippen LogP contribution in [-0.2, 0) is 10.0 Å². The summed E-state index contributed by atoms with van der Waals surface area (Å²) in [5, 5.41) is 10.9. The topological polar surface area (TPSA) is 89.3 Å². The summed E-state index contributed by atoms with van der Waals surface area (Å²) in [6, 6.07) is 10.1. The lowest BCUT2D eigenvalue weighted by Gasteiger charge is -2.09. The van der Waals surface area contributed by atoms with Crippen LogP contribution in [0.15, 0.2) is 51.8 Å². The van der Waals surface area contributed by atoms with Gasteiger partial charge in [0.15, 0.2) is 4.90 Å². The van der Waals surface area contributed by atoms with Crippen LogP contribution in [0, 0.1) is 17.0 Å². The number of sulfonamides is 1. The summed E-state index contributed by atoms with van der Waals surface area (Å²) < 4.78 is 27.7. The fourth-order valence-corrected chi connectivity index (χ4v) is 3.30. The van der Waals surface area contributed by atoms with Gasteiger partial charge in [-0.2, -0.15) is 0 Å². The molecule has 6 nitrogen and oxygen atoms in total. The predicted octanol–water partition coefficient (Wildman–Crippen LogP) is 3.47. The van der Waals surface area contributed by atoms with Crippen molar-refractivity contribution in [1.82, 2.24) is 0 Å². The number of para-hydroxylation sites is 1. The van der Waals surface area contributed by atoms with E-state index < -0.39 is 20.6 Å². The molecule has 0 aromatic heterocycles. The second-order valence-corrected chi connectivity index (χ2v) is 6.80. The summed E-state index contributed by atoms with van der Waals surface area (Å²) in [4.78, 5) is 9.83. The number of nitrogens with zero attached hydrogens (tertiary/aromatic N) is 1. The molecule has 2 aromatic rings. The van der Waals surface area contributed by atoms with E-state index in [1.54, 1.807) is 18.2 Å². The number of hydrogen-bond acceptors (Lipinski definition) is 4. The van der Waals surface area contributed by atoms with Crippen LogP contribution in [0.2, 0.25) is 0 Å². The summed E-state index contributed by atoms with van der Waals surface area (Å²) in [6.45, 7) is 1.87. The maximum Gasteiger partial charge on any atom is 0.289 e. The largest absolute Gasteiger partial charge is 0.289 e. The minimum atomic E-state index is -4.03. The molecule has 0 radical (unpaired) electrons. The van der Waals surface area contributed by atoms with Gasteiger partial charge in [0.2, 0.25) is 0 Å². The number of aryl methyl sites for hydroxylation is 1. The molecule has 0 aliphatic rings. The Bertz CT molecular complexity index is 806. The fraction of sp³-hybridized carbons (Fsp3) is 0.0769. The van der Waals surface area contributed by atoms with Crippen LogP contribution in [-0.4, -0.2) is 13.3 Å². The third-order valence-corrected chi connectivity index (χ3v) is 5.06. The highest BCUT2D eigenvalue weighted by Gasteiger charge is 2.25. The smallest absolute Gasteiger partial charge is 0.279 e. The van der Waals surface area contributed by atoms with Gasteiger partial charge < -0.3 is 0 Å². The minimum Gasteiger partial charge on any atom is -0.279 e. The minimum absolute atomic E-state index is 0.325. The SMILES string of the molecule is Cc1ccc(NS(=O)(=O)c2ccccc2[N+](=O)[O-])cc1Br. The number of anilines is 1. The highest BCUT2D eigenvalue weighted by atomic mass is 79.9. The summed E-state index contributed by atoms with van der Waals surface area (Å²) in [6.07, 6.45) is 0. The average molecular weight is 371 g/mol. The quantitative estimate of drug-likeness (QED) is 0.658. The molecule has 0 saturated heterocycles. The van der Waals surface area contributed by atoms with Crippen LogP contribution in [0.1, 0.15) is 5.56 Å². The highest BCUT2D eigenvalue weighted by Crippen LogP contribution is 2.27. The number of hydrogen-bond donors (Lipinski definition) is 1. The molecule has 0 fully saturated rings. The van der Waals surface area contributed by atoms with Gasteiger partial charge in [-0.15, -0.1) is 0 Å². The van der Waals surface area contributed by atoms with E-state index in [2.05, 4.69) is 20.7 Å². The van der Waals surface area contributed by atoms with Crippen molar-refractivity contribution in [3.8, 4) is 0 Å². The molecule has 0 aliphatic carbocycles. The van der Waals surface area contributed by atoms with Gasteiger partial charge >= 0.3 is 0 Å². The van der Waals surface area contributed by atoms with Crippen molar-refractivity contribution in [2.45, 2.75) is 11.8 Å². The van der Waals surface area contributed by atoms with Crippen LogP contribution in [0.5, 0.6) is 0 Å². The number of halogens is 1. The lowest BCUT2D eigenvalue weighted by molar-refractivity contribution is -0.387. The molecule has 0 bridgehead atoms. The summed E-state index contributed by atoms with van der Waals surface area (Å²) in [7, 11) is -4.03. The molecule has 21 heavy (non-hydrogen) atoms. The van der Waals surface area contributed by atoms with Crippen molar-refractivity contribution in [1.29, 1.82) is 0 Å². The predicted molar refractivity (Wildman–Crippen MR) is 82.8 cm³/mol. The molecule has 0 heterocycles. The Labute approximate surface area is 130 Å². The molecule has 0 aliphatic heterocycles. The van der Waals surface area contributed by atoms with Crippen LogP contribution in [0.4, 0.5) is 11.4 Å². The zero-order chi connectivity index (χ0) is 15.6. The Morgan fingerprint density at radius 2 is 1.86 bits per heavy atom. The molecule has 1 N–H and O–H groups in total. The molecule has 110 valence electrons. The molecule has 2 aromatic carbocycles. The van der Waals surface area contributed by atoms with E-state index >= 15 is 0 Å². The molecule has 0 unspecified atom stereocenters. The second-order valence-electron chi connectivity index (χ2n) is 4.29. The summed E-state index contributed by atoms with van der Waals surface area (Å²) >= 11 is 3.30. The van der Waals surface area contributed by atoms with Crippen molar-refractivity contribution in [2.75, 3.05) is 4.72 Å². The molecule has 8 heteroatoms. The van der Waals surface area contributed by atoms with E-state index in [0.29, 0.717) is 5.69 Å². The third kappa shape index (κ3) is 3.40. The van der Waals surface area contributed by atoms with Gasteiger partial charge in [-0.1, -0.05) is 34.1 Å². The maximum atomic E-state index is 12.3. The standard InChI is InChI=1S/C13H11BrN2O4S/c1-9-6-7-10(8-11(9)14)15-21(19,20)13-5-3-2-4-12(13)16(17)18/h2-8,15H,1H3. The number of nitrogens with one attached hydrogen (secondary N) is 1. The zero-order valence-corrected chi connectivity index (χ0v) is 13.3. The zero-order valence-electron chi connectivity index (χ0n) is 10.9. The molecular formula is C13H11BrN2O4S. The average Bonchev–Trinajstić information content (AvgIpc) is 2.42. The van der Waals surface area contributed by atoms with E-state index in [0.717, 1.165) is 16.1 Å². The van der Waals surface area contributed by atoms with Crippen LogP contribution < -0.4 is 4.72 Å². The first-order valence-corrected chi connectivity index (χ1v) is 8.11. The second kappa shape index (κ2) is 5.82. The van der Waals surface area contributed by atoms with Gasteiger partial charge in [0, 0.05) is 16.2 Å².